The van der Waals surface area contributed by atoms with Crippen LogP contribution in [0.2, 0.25) is 0 Å². The summed E-state index contributed by atoms with van der Waals surface area (Å²) in [5.41, 5.74) is 5.80. The zero-order valence-corrected chi connectivity index (χ0v) is 12.7. The molecule has 0 aliphatic carbocycles. The van der Waals surface area contributed by atoms with Gasteiger partial charge in [0.1, 0.15) is 0 Å². The van der Waals surface area contributed by atoms with Gasteiger partial charge in [0.25, 0.3) is 0 Å². The zero-order valence-electron chi connectivity index (χ0n) is 11.1. The van der Waals surface area contributed by atoms with E-state index in [0.29, 0.717) is 10.6 Å². The Morgan fingerprint density at radius 3 is 2.00 bits per heavy atom. The molecule has 0 saturated heterocycles. The van der Waals surface area contributed by atoms with Crippen LogP contribution in [0.15, 0.2) is 58.3 Å². The number of rotatable bonds is 5. The number of hydrogen-bond donors (Lipinski definition) is 1. The Labute approximate surface area is 130 Å². The van der Waals surface area contributed by atoms with Crippen molar-refractivity contribution in [2.24, 2.45) is 0 Å². The van der Waals surface area contributed by atoms with E-state index in [1.165, 1.54) is 23.9 Å². The molecule has 2 aromatic carbocycles. The van der Waals surface area contributed by atoms with E-state index in [1.54, 1.807) is 17.8 Å². The lowest BCUT2D eigenvalue weighted by Gasteiger charge is -2.08. The van der Waals surface area contributed by atoms with Crippen molar-refractivity contribution in [1.82, 2.24) is 0 Å². The summed E-state index contributed by atoms with van der Waals surface area (Å²) in [5, 5.41) is 0. The number of alkyl halides is 3. The fourth-order valence-corrected chi connectivity index (χ4v) is 3.60. The summed E-state index contributed by atoms with van der Waals surface area (Å²) >= 11 is 3.06. The first-order valence-corrected chi connectivity index (χ1v) is 8.21. The molecule has 0 aromatic heterocycles. The summed E-state index contributed by atoms with van der Waals surface area (Å²) in [7, 11) is 0. The number of benzene rings is 2. The maximum absolute atomic E-state index is 12.6. The highest BCUT2D eigenvalue weighted by Gasteiger charge is 2.30. The normalized spacial score (nSPS) is 11.6. The molecule has 0 aliphatic heterocycles. The molecule has 2 N–H and O–H groups in total. The lowest BCUT2D eigenvalue weighted by atomic mass is 10.2. The Bertz CT molecular complexity index is 599. The van der Waals surface area contributed by atoms with E-state index in [0.717, 1.165) is 22.5 Å². The van der Waals surface area contributed by atoms with Gasteiger partial charge in [-0.2, -0.15) is 13.2 Å². The van der Waals surface area contributed by atoms with E-state index in [9.17, 15) is 13.2 Å². The second-order valence-corrected chi connectivity index (χ2v) is 6.63. The molecule has 6 heteroatoms. The van der Waals surface area contributed by atoms with Crippen LogP contribution in [0.3, 0.4) is 0 Å². The molecular formula is C15H14F3NS2. The van der Waals surface area contributed by atoms with Crippen LogP contribution >= 0.6 is 23.5 Å². The lowest BCUT2D eigenvalue weighted by Crippen LogP contribution is -2.04. The average molecular weight is 329 g/mol. The third kappa shape index (κ3) is 5.21. The van der Waals surface area contributed by atoms with E-state index in [-0.39, 0.29) is 0 Å². The molecule has 112 valence electrons. The Hall–Kier alpha value is -1.27. The summed E-state index contributed by atoms with van der Waals surface area (Å²) in [5.74, 6) is 1.55. The Morgan fingerprint density at radius 2 is 1.43 bits per heavy atom. The zero-order chi connectivity index (χ0) is 15.3. The molecule has 0 amide bonds. The molecule has 2 aromatic rings. The van der Waals surface area contributed by atoms with Crippen molar-refractivity contribution in [3.05, 3.63) is 54.1 Å². The molecule has 2 rings (SSSR count). The summed E-state index contributed by atoms with van der Waals surface area (Å²) < 4.78 is 37.8. The fourth-order valence-electron chi connectivity index (χ4n) is 1.69. The molecule has 0 bridgehead atoms. The standard InChI is InChI=1S/C15H14F3NS2/c16-15(17,18)11-3-1-5-13(9-11)20-7-8-21-14-6-2-4-12(19)10-14/h1-6,9-10H,7-8,19H2. The van der Waals surface area contributed by atoms with Crippen LogP contribution in [-0.4, -0.2) is 11.5 Å². The van der Waals surface area contributed by atoms with Crippen molar-refractivity contribution < 1.29 is 13.2 Å². The number of hydrogen-bond acceptors (Lipinski definition) is 3. The van der Waals surface area contributed by atoms with Gasteiger partial charge in [-0.15, -0.1) is 23.5 Å². The summed E-state index contributed by atoms with van der Waals surface area (Å²) in [6.45, 7) is 0. The Balaban J connectivity index is 1.84. The third-order valence-corrected chi connectivity index (χ3v) is 4.89. The van der Waals surface area contributed by atoms with Gasteiger partial charge in [-0.25, -0.2) is 0 Å². The van der Waals surface area contributed by atoms with Crippen LogP contribution in [-0.2, 0) is 6.18 Å². The number of thioether (sulfide) groups is 2. The van der Waals surface area contributed by atoms with Gasteiger partial charge < -0.3 is 5.73 Å². The van der Waals surface area contributed by atoms with Gasteiger partial charge in [-0.3, -0.25) is 0 Å². The van der Waals surface area contributed by atoms with E-state index in [4.69, 9.17) is 5.73 Å². The molecule has 0 aliphatic rings. The van der Waals surface area contributed by atoms with Crippen molar-refractivity contribution in [1.29, 1.82) is 0 Å². The van der Waals surface area contributed by atoms with Crippen molar-refractivity contribution in [3.8, 4) is 0 Å². The van der Waals surface area contributed by atoms with Crippen molar-refractivity contribution in [2.75, 3.05) is 17.2 Å². The minimum absolute atomic E-state index is 0.601. The molecule has 0 atom stereocenters. The number of halogens is 3. The Kier molecular flexibility index (Phi) is 5.47. The summed E-state index contributed by atoms with van der Waals surface area (Å²) in [6.07, 6.45) is -4.28. The van der Waals surface area contributed by atoms with Crippen LogP contribution in [0, 0.1) is 0 Å². The molecule has 0 radical (unpaired) electrons. The van der Waals surface area contributed by atoms with E-state index < -0.39 is 11.7 Å². The van der Waals surface area contributed by atoms with E-state index in [2.05, 4.69) is 0 Å². The van der Waals surface area contributed by atoms with E-state index in [1.807, 2.05) is 24.3 Å². The van der Waals surface area contributed by atoms with Gasteiger partial charge in [0.15, 0.2) is 0 Å². The minimum atomic E-state index is -4.28. The predicted molar refractivity (Wildman–Crippen MR) is 83.7 cm³/mol. The lowest BCUT2D eigenvalue weighted by molar-refractivity contribution is -0.137. The largest absolute Gasteiger partial charge is 0.416 e. The Morgan fingerprint density at radius 1 is 0.857 bits per heavy atom. The van der Waals surface area contributed by atoms with Crippen LogP contribution in [0.1, 0.15) is 5.56 Å². The summed E-state index contributed by atoms with van der Waals surface area (Å²) in [6, 6.07) is 13.0. The number of anilines is 1. The quantitative estimate of drug-likeness (QED) is 0.465. The number of nitrogen functional groups attached to an aromatic ring is 1. The first-order valence-electron chi connectivity index (χ1n) is 6.23. The number of nitrogens with two attached hydrogens (primary N) is 1. The van der Waals surface area contributed by atoms with Crippen LogP contribution < -0.4 is 5.73 Å². The first kappa shape index (κ1) is 16.1. The highest BCUT2D eigenvalue weighted by molar-refractivity contribution is 8.03. The summed E-state index contributed by atoms with van der Waals surface area (Å²) in [4.78, 5) is 1.71. The molecule has 21 heavy (non-hydrogen) atoms. The van der Waals surface area contributed by atoms with Gasteiger partial charge in [-0.1, -0.05) is 12.1 Å². The molecule has 0 fully saturated rings. The third-order valence-electron chi connectivity index (χ3n) is 2.64. The molecule has 1 nitrogen and oxygen atoms in total. The second-order valence-electron chi connectivity index (χ2n) is 4.30. The average Bonchev–Trinajstić information content (AvgIpc) is 2.43. The molecular weight excluding hydrogens is 315 g/mol. The van der Waals surface area contributed by atoms with Crippen LogP contribution in [0.5, 0.6) is 0 Å². The van der Waals surface area contributed by atoms with Gasteiger partial charge in [-0.05, 0) is 36.4 Å². The first-order chi connectivity index (χ1) is 9.95. The molecule has 0 spiro atoms. The highest BCUT2D eigenvalue weighted by Crippen LogP contribution is 2.32. The minimum Gasteiger partial charge on any atom is -0.399 e. The highest BCUT2D eigenvalue weighted by atomic mass is 32.2. The van der Waals surface area contributed by atoms with Gasteiger partial charge >= 0.3 is 6.18 Å². The molecule has 0 heterocycles. The smallest absolute Gasteiger partial charge is 0.399 e. The monoisotopic (exact) mass is 329 g/mol. The SMILES string of the molecule is Nc1cccc(SCCSc2cccc(C(F)(F)F)c2)c1. The van der Waals surface area contributed by atoms with Gasteiger partial charge in [0, 0.05) is 27.0 Å². The topological polar surface area (TPSA) is 26.0 Å². The van der Waals surface area contributed by atoms with Crippen LogP contribution in [0.4, 0.5) is 18.9 Å². The van der Waals surface area contributed by atoms with Crippen molar-refractivity contribution in [2.45, 2.75) is 16.0 Å². The molecule has 0 saturated carbocycles. The van der Waals surface area contributed by atoms with Crippen molar-refractivity contribution in [3.63, 3.8) is 0 Å². The maximum Gasteiger partial charge on any atom is 0.416 e. The second kappa shape index (κ2) is 7.13. The van der Waals surface area contributed by atoms with Crippen molar-refractivity contribution >= 4 is 29.2 Å². The van der Waals surface area contributed by atoms with E-state index >= 15 is 0 Å². The van der Waals surface area contributed by atoms with Gasteiger partial charge in [0.2, 0.25) is 0 Å². The fraction of sp³-hybridized carbons (Fsp3) is 0.200. The van der Waals surface area contributed by atoms with Crippen LogP contribution in [0.25, 0.3) is 0 Å². The van der Waals surface area contributed by atoms with Gasteiger partial charge in [0.05, 0.1) is 5.56 Å². The maximum atomic E-state index is 12.6. The predicted octanol–water partition coefficient (Wildman–Crippen LogP) is 5.17. The molecule has 0 unspecified atom stereocenters.